The van der Waals surface area contributed by atoms with Crippen molar-refractivity contribution in [1.29, 1.82) is 0 Å². The zero-order chi connectivity index (χ0) is 13.8. The van der Waals surface area contributed by atoms with Crippen LogP contribution < -0.4 is 5.32 Å². The standard InChI is InChI=1S/C15H16BrNOS/c1-10(2)11-3-5-12(6-4-11)15(18)17-9-14-13(16)7-8-19-14/h3-8,10H,9H2,1-2H3,(H,17,18). The van der Waals surface area contributed by atoms with E-state index in [2.05, 4.69) is 35.1 Å². The molecule has 1 aromatic heterocycles. The van der Waals surface area contributed by atoms with Crippen LogP contribution >= 0.6 is 27.3 Å². The highest BCUT2D eigenvalue weighted by Gasteiger charge is 2.08. The summed E-state index contributed by atoms with van der Waals surface area (Å²) >= 11 is 5.09. The molecule has 2 nitrogen and oxygen atoms in total. The van der Waals surface area contributed by atoms with E-state index in [1.165, 1.54) is 5.56 Å². The van der Waals surface area contributed by atoms with Crippen LogP contribution in [-0.2, 0) is 6.54 Å². The van der Waals surface area contributed by atoms with Crippen LogP contribution in [0.2, 0.25) is 0 Å². The summed E-state index contributed by atoms with van der Waals surface area (Å²) in [5, 5.41) is 4.94. The van der Waals surface area contributed by atoms with Gasteiger partial charge in [0.1, 0.15) is 0 Å². The number of nitrogens with one attached hydrogen (secondary N) is 1. The number of thiophene rings is 1. The van der Waals surface area contributed by atoms with Crippen LogP contribution in [0.1, 0.15) is 40.6 Å². The van der Waals surface area contributed by atoms with Gasteiger partial charge in [-0.15, -0.1) is 11.3 Å². The molecular weight excluding hydrogens is 322 g/mol. The normalized spacial score (nSPS) is 10.7. The molecule has 0 radical (unpaired) electrons. The molecule has 1 aromatic carbocycles. The lowest BCUT2D eigenvalue weighted by Gasteiger charge is -2.07. The highest BCUT2D eigenvalue weighted by molar-refractivity contribution is 9.10. The van der Waals surface area contributed by atoms with Crippen LogP contribution in [0, 0.1) is 0 Å². The van der Waals surface area contributed by atoms with Gasteiger partial charge in [-0.1, -0.05) is 26.0 Å². The Morgan fingerprint density at radius 1 is 1.26 bits per heavy atom. The lowest BCUT2D eigenvalue weighted by molar-refractivity contribution is 0.0951. The maximum Gasteiger partial charge on any atom is 0.251 e. The van der Waals surface area contributed by atoms with Gasteiger partial charge >= 0.3 is 0 Å². The van der Waals surface area contributed by atoms with Gasteiger partial charge in [-0.2, -0.15) is 0 Å². The molecule has 1 amide bonds. The number of rotatable bonds is 4. The minimum Gasteiger partial charge on any atom is -0.347 e. The molecule has 19 heavy (non-hydrogen) atoms. The molecule has 1 N–H and O–H groups in total. The average Bonchev–Trinajstić information content (AvgIpc) is 2.81. The predicted octanol–water partition coefficient (Wildman–Crippen LogP) is 4.56. The van der Waals surface area contributed by atoms with Gasteiger partial charge in [0.2, 0.25) is 0 Å². The second-order valence-corrected chi connectivity index (χ2v) is 6.51. The lowest BCUT2D eigenvalue weighted by Crippen LogP contribution is -2.22. The van der Waals surface area contributed by atoms with Crippen molar-refractivity contribution >= 4 is 33.2 Å². The molecule has 0 unspecified atom stereocenters. The lowest BCUT2D eigenvalue weighted by atomic mass is 10.0. The summed E-state index contributed by atoms with van der Waals surface area (Å²) < 4.78 is 1.05. The molecule has 0 fully saturated rings. The van der Waals surface area contributed by atoms with Gasteiger partial charge in [0.15, 0.2) is 0 Å². The molecule has 0 saturated carbocycles. The highest BCUT2D eigenvalue weighted by Crippen LogP contribution is 2.22. The van der Waals surface area contributed by atoms with E-state index in [0.29, 0.717) is 18.0 Å². The first-order chi connectivity index (χ1) is 9.08. The van der Waals surface area contributed by atoms with Crippen molar-refractivity contribution < 1.29 is 4.79 Å². The van der Waals surface area contributed by atoms with E-state index in [1.54, 1.807) is 11.3 Å². The first kappa shape index (κ1) is 14.3. The van der Waals surface area contributed by atoms with E-state index in [9.17, 15) is 4.79 Å². The van der Waals surface area contributed by atoms with E-state index < -0.39 is 0 Å². The van der Waals surface area contributed by atoms with E-state index in [1.807, 2.05) is 35.7 Å². The minimum absolute atomic E-state index is 0.0318. The third-order valence-electron chi connectivity index (χ3n) is 2.94. The summed E-state index contributed by atoms with van der Waals surface area (Å²) in [5.41, 5.74) is 1.95. The second kappa shape index (κ2) is 6.35. The van der Waals surface area contributed by atoms with Crippen LogP contribution in [-0.4, -0.2) is 5.91 Å². The van der Waals surface area contributed by atoms with Crippen LogP contribution in [0.3, 0.4) is 0 Å². The van der Waals surface area contributed by atoms with E-state index in [-0.39, 0.29) is 5.91 Å². The molecule has 4 heteroatoms. The SMILES string of the molecule is CC(C)c1ccc(C(=O)NCc2sccc2Br)cc1. The Bertz CT molecular complexity index is 560. The van der Waals surface area contributed by atoms with E-state index in [4.69, 9.17) is 0 Å². The van der Waals surface area contributed by atoms with Crippen LogP contribution in [0.25, 0.3) is 0 Å². The Kier molecular flexibility index (Phi) is 4.77. The number of halogens is 1. The first-order valence-electron chi connectivity index (χ1n) is 6.18. The summed E-state index contributed by atoms with van der Waals surface area (Å²) in [7, 11) is 0. The number of hydrogen-bond donors (Lipinski definition) is 1. The Balaban J connectivity index is 1.98. The predicted molar refractivity (Wildman–Crippen MR) is 83.7 cm³/mol. The quantitative estimate of drug-likeness (QED) is 0.870. The van der Waals surface area contributed by atoms with Crippen molar-refractivity contribution in [1.82, 2.24) is 5.32 Å². The van der Waals surface area contributed by atoms with E-state index in [0.717, 1.165) is 9.35 Å². The first-order valence-corrected chi connectivity index (χ1v) is 7.85. The highest BCUT2D eigenvalue weighted by atomic mass is 79.9. The van der Waals surface area contributed by atoms with Gasteiger partial charge < -0.3 is 5.32 Å². The van der Waals surface area contributed by atoms with Gasteiger partial charge in [-0.3, -0.25) is 4.79 Å². The smallest absolute Gasteiger partial charge is 0.251 e. The summed E-state index contributed by atoms with van der Waals surface area (Å²) in [5.74, 6) is 0.454. The number of amides is 1. The molecule has 0 aliphatic rings. The van der Waals surface area contributed by atoms with Crippen molar-refractivity contribution in [2.45, 2.75) is 26.3 Å². The average molecular weight is 338 g/mol. The molecule has 100 valence electrons. The molecule has 2 rings (SSSR count). The van der Waals surface area contributed by atoms with Crippen molar-refractivity contribution in [3.63, 3.8) is 0 Å². The second-order valence-electron chi connectivity index (χ2n) is 4.65. The summed E-state index contributed by atoms with van der Waals surface area (Å²) in [4.78, 5) is 13.1. The van der Waals surface area contributed by atoms with Gasteiger partial charge in [-0.05, 0) is 51.0 Å². The largest absolute Gasteiger partial charge is 0.347 e. The maximum atomic E-state index is 12.0. The summed E-state index contributed by atoms with van der Waals surface area (Å²) in [6.45, 7) is 4.84. The molecule has 0 atom stereocenters. The Hall–Kier alpha value is -1.13. The van der Waals surface area contributed by atoms with Gasteiger partial charge in [0.05, 0.1) is 6.54 Å². The molecule has 2 aromatic rings. The molecule has 0 spiro atoms. The van der Waals surface area contributed by atoms with E-state index >= 15 is 0 Å². The third-order valence-corrected chi connectivity index (χ3v) is 4.87. The zero-order valence-corrected chi connectivity index (χ0v) is 13.3. The number of carbonyl (C=O) groups is 1. The summed E-state index contributed by atoms with van der Waals surface area (Å²) in [6, 6.07) is 9.78. The molecular formula is C15H16BrNOS. The van der Waals surface area contributed by atoms with Crippen molar-refractivity contribution in [2.75, 3.05) is 0 Å². The third kappa shape index (κ3) is 3.67. The fraction of sp³-hybridized carbons (Fsp3) is 0.267. The fourth-order valence-electron chi connectivity index (χ4n) is 1.73. The van der Waals surface area contributed by atoms with Crippen molar-refractivity contribution in [3.8, 4) is 0 Å². The van der Waals surface area contributed by atoms with Crippen molar-refractivity contribution in [3.05, 3.63) is 56.2 Å². The minimum atomic E-state index is -0.0318. The monoisotopic (exact) mass is 337 g/mol. The number of carbonyl (C=O) groups excluding carboxylic acids is 1. The topological polar surface area (TPSA) is 29.1 Å². The molecule has 0 aliphatic carbocycles. The summed E-state index contributed by atoms with van der Waals surface area (Å²) in [6.07, 6.45) is 0. The Morgan fingerprint density at radius 2 is 1.95 bits per heavy atom. The zero-order valence-electron chi connectivity index (χ0n) is 10.9. The molecule has 1 heterocycles. The number of hydrogen-bond acceptors (Lipinski definition) is 2. The van der Waals surface area contributed by atoms with Crippen molar-refractivity contribution in [2.24, 2.45) is 0 Å². The Labute approximate surface area is 126 Å². The molecule has 0 aliphatic heterocycles. The maximum absolute atomic E-state index is 12.0. The van der Waals surface area contributed by atoms with Crippen LogP contribution in [0.5, 0.6) is 0 Å². The molecule has 0 bridgehead atoms. The van der Waals surface area contributed by atoms with Gasteiger partial charge in [0.25, 0.3) is 5.91 Å². The molecule has 0 saturated heterocycles. The van der Waals surface area contributed by atoms with Gasteiger partial charge in [0, 0.05) is 14.9 Å². The van der Waals surface area contributed by atoms with Crippen LogP contribution in [0.15, 0.2) is 40.2 Å². The fourth-order valence-corrected chi connectivity index (χ4v) is 3.17. The number of benzene rings is 1. The Morgan fingerprint density at radius 3 is 2.47 bits per heavy atom. The van der Waals surface area contributed by atoms with Crippen LogP contribution in [0.4, 0.5) is 0 Å². The van der Waals surface area contributed by atoms with Gasteiger partial charge in [-0.25, -0.2) is 0 Å².